The highest BCUT2D eigenvalue weighted by Crippen LogP contribution is 2.52. The van der Waals surface area contributed by atoms with E-state index in [0.717, 1.165) is 49.7 Å². The first-order valence-corrected chi connectivity index (χ1v) is 14.2. The van der Waals surface area contributed by atoms with E-state index in [4.69, 9.17) is 5.84 Å². The topological polar surface area (TPSA) is 124 Å². The fourth-order valence-electron chi connectivity index (χ4n) is 7.45. The number of nitrogens with zero attached hydrogens (tertiary/aromatic N) is 6. The lowest BCUT2D eigenvalue weighted by Gasteiger charge is -2.33. The summed E-state index contributed by atoms with van der Waals surface area (Å²) in [6.45, 7) is 1.48. The number of likely N-dealkylation sites (tertiary alicyclic amines) is 1. The summed E-state index contributed by atoms with van der Waals surface area (Å²) in [4.78, 5) is 39.0. The lowest BCUT2D eigenvalue weighted by molar-refractivity contribution is 0.0696. The molecule has 3 aliphatic heterocycles. The Kier molecular flexibility index (Phi) is 5.89. The van der Waals surface area contributed by atoms with Crippen molar-refractivity contribution in [2.75, 3.05) is 37.5 Å². The van der Waals surface area contributed by atoms with E-state index in [-0.39, 0.29) is 11.8 Å². The van der Waals surface area contributed by atoms with E-state index in [2.05, 4.69) is 25.2 Å². The number of aliphatic imine (C=N–C) groups is 1. The number of hydrazine groups is 1. The summed E-state index contributed by atoms with van der Waals surface area (Å²) in [6.07, 6.45) is 9.89. The van der Waals surface area contributed by atoms with Crippen LogP contribution in [0, 0.1) is 11.8 Å². The van der Waals surface area contributed by atoms with E-state index in [1.807, 2.05) is 11.0 Å². The average Bonchev–Trinajstić information content (AvgIpc) is 3.74. The number of pyridine rings is 1. The van der Waals surface area contributed by atoms with Crippen molar-refractivity contribution < 1.29 is 9.59 Å². The molecule has 39 heavy (non-hydrogen) atoms. The van der Waals surface area contributed by atoms with Gasteiger partial charge in [0.15, 0.2) is 0 Å². The highest BCUT2D eigenvalue weighted by Gasteiger charge is 2.43. The molecule has 6 atom stereocenters. The van der Waals surface area contributed by atoms with Gasteiger partial charge in [-0.25, -0.2) is 15.8 Å². The molecule has 0 radical (unpaired) electrons. The number of hydrogen-bond acceptors (Lipinski definition) is 8. The molecule has 3 unspecified atom stereocenters. The van der Waals surface area contributed by atoms with Gasteiger partial charge < -0.3 is 25.0 Å². The number of carbonyl (C=O) groups is 2. The SMILES string of the molecule is CN(C)C(=O)c1cc2c(n1[C@H]1C[C@@H]3CC[C@H]1C3)NC(N(N)c1ccc(C(=O)N3CC4CCC(C3)N4)cn1)N=C2. The fraction of sp³-hybridized carbons (Fsp3) is 0.571. The van der Waals surface area contributed by atoms with Gasteiger partial charge in [-0.3, -0.25) is 14.6 Å². The zero-order valence-corrected chi connectivity index (χ0v) is 22.6. The summed E-state index contributed by atoms with van der Waals surface area (Å²) >= 11 is 0. The minimum atomic E-state index is -0.593. The van der Waals surface area contributed by atoms with Crippen molar-refractivity contribution in [3.63, 3.8) is 0 Å². The van der Waals surface area contributed by atoms with Gasteiger partial charge in [0, 0.05) is 63.3 Å². The van der Waals surface area contributed by atoms with Gasteiger partial charge in [-0.2, -0.15) is 0 Å². The van der Waals surface area contributed by atoms with E-state index < -0.39 is 6.29 Å². The Labute approximate surface area is 228 Å². The third-order valence-electron chi connectivity index (χ3n) is 9.37. The van der Waals surface area contributed by atoms with Gasteiger partial charge in [-0.15, -0.1) is 0 Å². The number of anilines is 2. The normalized spacial score (nSPS) is 30.3. The molecule has 2 amide bonds. The lowest BCUT2D eigenvalue weighted by atomic mass is 9.95. The van der Waals surface area contributed by atoms with Crippen molar-refractivity contribution in [1.82, 2.24) is 24.7 Å². The molecule has 2 aliphatic carbocycles. The molecule has 0 aromatic carbocycles. The molecular weight excluding hydrogens is 494 g/mol. The Morgan fingerprint density at radius 3 is 2.51 bits per heavy atom. The molecule has 5 aliphatic rings. The maximum atomic E-state index is 13.2. The summed E-state index contributed by atoms with van der Waals surface area (Å²) < 4.78 is 2.21. The molecule has 4 N–H and O–H groups in total. The van der Waals surface area contributed by atoms with E-state index in [0.29, 0.717) is 41.1 Å². The fourth-order valence-corrected chi connectivity index (χ4v) is 7.45. The van der Waals surface area contributed by atoms with Gasteiger partial charge in [0.05, 0.1) is 5.56 Å². The number of rotatable bonds is 5. The van der Waals surface area contributed by atoms with Crippen LogP contribution in [0.2, 0.25) is 0 Å². The molecule has 2 aromatic rings. The third kappa shape index (κ3) is 4.19. The summed E-state index contributed by atoms with van der Waals surface area (Å²) in [5.74, 6) is 9.24. The summed E-state index contributed by atoms with van der Waals surface area (Å²) in [7, 11) is 3.58. The number of fused-ring (bicyclic) bond motifs is 5. The molecule has 11 nitrogen and oxygen atoms in total. The Morgan fingerprint density at radius 1 is 1.08 bits per heavy atom. The lowest BCUT2D eigenvalue weighted by Crippen LogP contribution is -2.53. The molecular formula is C28H37N9O2. The van der Waals surface area contributed by atoms with Crippen LogP contribution in [0.3, 0.4) is 0 Å². The van der Waals surface area contributed by atoms with Crippen molar-refractivity contribution in [1.29, 1.82) is 0 Å². The number of amides is 2. The second kappa shape index (κ2) is 9.34. The third-order valence-corrected chi connectivity index (χ3v) is 9.37. The van der Waals surface area contributed by atoms with E-state index >= 15 is 0 Å². The Bertz CT molecular complexity index is 1310. The smallest absolute Gasteiger partial charge is 0.270 e. The Balaban J connectivity index is 1.11. The van der Waals surface area contributed by atoms with Gasteiger partial charge in [0.2, 0.25) is 6.29 Å². The van der Waals surface area contributed by atoms with Crippen molar-refractivity contribution in [2.24, 2.45) is 22.7 Å². The number of carbonyl (C=O) groups excluding carboxylic acids is 2. The van der Waals surface area contributed by atoms with Gasteiger partial charge in [-0.1, -0.05) is 6.42 Å². The van der Waals surface area contributed by atoms with E-state index in [1.165, 1.54) is 24.3 Å². The number of aromatic nitrogens is 2. The Hall–Kier alpha value is -3.44. The molecule has 2 saturated carbocycles. The van der Waals surface area contributed by atoms with Gasteiger partial charge in [0.25, 0.3) is 11.8 Å². The number of nitrogens with one attached hydrogen (secondary N) is 2. The van der Waals surface area contributed by atoms with Gasteiger partial charge in [0.1, 0.15) is 17.3 Å². The molecule has 11 heteroatoms. The van der Waals surface area contributed by atoms with Crippen molar-refractivity contribution in [2.45, 2.75) is 62.9 Å². The number of hydrogen-bond donors (Lipinski definition) is 3. The van der Waals surface area contributed by atoms with Crippen LogP contribution in [0.5, 0.6) is 0 Å². The van der Waals surface area contributed by atoms with Gasteiger partial charge >= 0.3 is 0 Å². The van der Waals surface area contributed by atoms with Crippen LogP contribution in [-0.4, -0.2) is 82.9 Å². The Morgan fingerprint density at radius 2 is 1.87 bits per heavy atom. The minimum absolute atomic E-state index is 0.0104. The van der Waals surface area contributed by atoms with Crippen LogP contribution < -0.4 is 21.5 Å². The van der Waals surface area contributed by atoms with E-state index in [1.54, 1.807) is 43.5 Å². The minimum Gasteiger partial charge on any atom is -0.343 e. The number of piperazine rings is 1. The largest absolute Gasteiger partial charge is 0.343 e. The zero-order chi connectivity index (χ0) is 26.8. The second-order valence-corrected chi connectivity index (χ2v) is 12.1. The predicted molar refractivity (Wildman–Crippen MR) is 149 cm³/mol. The summed E-state index contributed by atoms with van der Waals surface area (Å²) in [5, 5.41) is 8.53. The average molecular weight is 532 g/mol. The maximum absolute atomic E-state index is 13.2. The molecule has 4 fully saturated rings. The van der Waals surface area contributed by atoms with Crippen molar-refractivity contribution in [3.05, 3.63) is 41.2 Å². The van der Waals surface area contributed by atoms with Crippen LogP contribution in [0.15, 0.2) is 29.4 Å². The van der Waals surface area contributed by atoms with Crippen LogP contribution in [-0.2, 0) is 0 Å². The molecule has 5 heterocycles. The van der Waals surface area contributed by atoms with Gasteiger partial charge in [-0.05, 0) is 62.1 Å². The molecule has 2 saturated heterocycles. The monoisotopic (exact) mass is 531 g/mol. The molecule has 0 spiro atoms. The summed E-state index contributed by atoms with van der Waals surface area (Å²) in [6, 6.07) is 6.59. The molecule has 206 valence electrons. The molecule has 2 aromatic heterocycles. The van der Waals surface area contributed by atoms with Crippen LogP contribution in [0.1, 0.15) is 71.0 Å². The quantitative estimate of drug-likeness (QED) is 0.398. The zero-order valence-electron chi connectivity index (χ0n) is 22.6. The van der Waals surface area contributed by atoms with Crippen LogP contribution in [0.4, 0.5) is 11.6 Å². The summed E-state index contributed by atoms with van der Waals surface area (Å²) in [5.41, 5.74) is 2.15. The van der Waals surface area contributed by atoms with Crippen molar-refractivity contribution in [3.8, 4) is 0 Å². The second-order valence-electron chi connectivity index (χ2n) is 12.1. The first-order chi connectivity index (χ1) is 18.9. The first-order valence-electron chi connectivity index (χ1n) is 14.2. The van der Waals surface area contributed by atoms with Crippen LogP contribution >= 0.6 is 0 Å². The van der Waals surface area contributed by atoms with Crippen LogP contribution in [0.25, 0.3) is 0 Å². The highest BCUT2D eigenvalue weighted by atomic mass is 16.2. The first kappa shape index (κ1) is 24.6. The maximum Gasteiger partial charge on any atom is 0.270 e. The molecule has 4 bridgehead atoms. The van der Waals surface area contributed by atoms with E-state index in [9.17, 15) is 9.59 Å². The predicted octanol–water partition coefficient (Wildman–Crippen LogP) is 2.03. The standard InChI is InChI=1S/C28H37N9O2/c1-34(2)27(39)23-11-19-13-31-28(33-25(19)36(23)22-10-16-3-4-17(22)9-16)37(29)24-8-5-18(12-30-24)26(38)35-14-20-6-7-21(15-35)32-20/h5,8,11-13,16-17,20-22,28,32-33H,3-4,6-7,9-10,14-15,29H2,1-2H3/t16-,17+,20?,21?,22+,28?/m1/s1. The number of nitrogens with two attached hydrogens (primary N) is 1. The van der Waals surface area contributed by atoms with Crippen molar-refractivity contribution >= 4 is 29.7 Å². The highest BCUT2D eigenvalue weighted by molar-refractivity contribution is 5.99. The molecule has 7 rings (SSSR count).